The molecule has 0 unspecified atom stereocenters. The van der Waals surface area contributed by atoms with E-state index in [0.29, 0.717) is 6.42 Å². The van der Waals surface area contributed by atoms with Crippen LogP contribution < -0.4 is 4.74 Å². The van der Waals surface area contributed by atoms with Crippen molar-refractivity contribution in [2.45, 2.75) is 20.3 Å². The zero-order valence-electron chi connectivity index (χ0n) is 14.9. The number of hydrogen-bond acceptors (Lipinski definition) is 6. The predicted molar refractivity (Wildman–Crippen MR) is 98.1 cm³/mol. The molecule has 0 saturated carbocycles. The van der Waals surface area contributed by atoms with Gasteiger partial charge in [-0.2, -0.15) is 0 Å². The lowest BCUT2D eigenvalue weighted by molar-refractivity contribution is 0.393. The first-order chi connectivity index (χ1) is 12.7. The van der Waals surface area contributed by atoms with Crippen molar-refractivity contribution >= 4 is 11.0 Å². The molecule has 0 radical (unpaired) electrons. The molecule has 3 heterocycles. The maximum atomic E-state index is 5.60. The van der Waals surface area contributed by atoms with Crippen molar-refractivity contribution < 1.29 is 9.26 Å². The van der Waals surface area contributed by atoms with Gasteiger partial charge >= 0.3 is 0 Å². The van der Waals surface area contributed by atoms with Gasteiger partial charge < -0.3 is 9.26 Å². The molecule has 0 bridgehead atoms. The number of rotatable bonds is 4. The Balaban J connectivity index is 1.80. The Hall–Kier alpha value is -3.28. The summed E-state index contributed by atoms with van der Waals surface area (Å²) in [7, 11) is 1.65. The number of aromatic nitrogens is 4. The molecule has 0 aliphatic rings. The summed E-state index contributed by atoms with van der Waals surface area (Å²) >= 11 is 0. The van der Waals surface area contributed by atoms with Crippen LogP contribution in [-0.2, 0) is 6.42 Å². The molecule has 26 heavy (non-hydrogen) atoms. The van der Waals surface area contributed by atoms with E-state index < -0.39 is 0 Å². The standard InChI is InChI=1S/C20H18N4O2/c1-12-20(13(2)26-24-12)16-9-17-18(10-19(16)25-3)23-15(11-22-17)8-14-6-4-5-7-21-14/h4-7,9-11H,8H2,1-3H3. The quantitative estimate of drug-likeness (QED) is 0.558. The van der Waals surface area contributed by atoms with Gasteiger partial charge in [-0.15, -0.1) is 0 Å². The van der Waals surface area contributed by atoms with Crippen molar-refractivity contribution in [2.24, 2.45) is 0 Å². The molecule has 0 atom stereocenters. The monoisotopic (exact) mass is 346 g/mol. The first kappa shape index (κ1) is 16.2. The van der Waals surface area contributed by atoms with Gasteiger partial charge in [-0.1, -0.05) is 11.2 Å². The lowest BCUT2D eigenvalue weighted by Gasteiger charge is -2.10. The molecule has 0 aliphatic heterocycles. The molecule has 0 saturated heterocycles. The minimum absolute atomic E-state index is 0.637. The number of hydrogen-bond donors (Lipinski definition) is 0. The second-order valence-electron chi connectivity index (χ2n) is 6.10. The van der Waals surface area contributed by atoms with Crippen molar-refractivity contribution in [1.29, 1.82) is 0 Å². The van der Waals surface area contributed by atoms with Crippen molar-refractivity contribution in [3.8, 4) is 16.9 Å². The summed E-state index contributed by atoms with van der Waals surface area (Å²) in [6.45, 7) is 3.80. The molecule has 0 N–H and O–H groups in total. The van der Waals surface area contributed by atoms with Crippen LogP contribution in [0.4, 0.5) is 0 Å². The van der Waals surface area contributed by atoms with E-state index >= 15 is 0 Å². The summed E-state index contributed by atoms with van der Waals surface area (Å²) in [5.74, 6) is 1.47. The molecule has 3 aromatic heterocycles. The van der Waals surface area contributed by atoms with Gasteiger partial charge in [0.25, 0.3) is 0 Å². The van der Waals surface area contributed by atoms with Crippen LogP contribution in [0.5, 0.6) is 5.75 Å². The van der Waals surface area contributed by atoms with Crippen molar-refractivity contribution in [2.75, 3.05) is 7.11 Å². The highest BCUT2D eigenvalue weighted by molar-refractivity contribution is 5.86. The van der Waals surface area contributed by atoms with Crippen LogP contribution in [0.2, 0.25) is 0 Å². The zero-order valence-corrected chi connectivity index (χ0v) is 14.9. The van der Waals surface area contributed by atoms with Crippen LogP contribution in [-0.4, -0.2) is 27.2 Å². The first-order valence-electron chi connectivity index (χ1n) is 8.32. The molecule has 4 rings (SSSR count). The van der Waals surface area contributed by atoms with E-state index in [4.69, 9.17) is 14.2 Å². The van der Waals surface area contributed by atoms with E-state index in [1.165, 1.54) is 0 Å². The Labute approximate surface area is 150 Å². The fourth-order valence-electron chi connectivity index (χ4n) is 3.08. The Kier molecular flexibility index (Phi) is 4.08. The van der Waals surface area contributed by atoms with Crippen LogP contribution in [0.15, 0.2) is 47.2 Å². The van der Waals surface area contributed by atoms with E-state index in [1.807, 2.05) is 44.2 Å². The highest BCUT2D eigenvalue weighted by Gasteiger charge is 2.17. The van der Waals surface area contributed by atoms with Crippen LogP contribution in [0.1, 0.15) is 22.8 Å². The third-order valence-electron chi connectivity index (χ3n) is 4.30. The van der Waals surface area contributed by atoms with Crippen LogP contribution >= 0.6 is 0 Å². The molecule has 0 spiro atoms. The lowest BCUT2D eigenvalue weighted by atomic mass is 10.0. The molecular formula is C20H18N4O2. The third-order valence-corrected chi connectivity index (χ3v) is 4.30. The maximum absolute atomic E-state index is 5.60. The fourth-order valence-corrected chi connectivity index (χ4v) is 3.08. The number of methoxy groups -OCH3 is 1. The van der Waals surface area contributed by atoms with Gasteiger partial charge in [-0.05, 0) is 32.0 Å². The van der Waals surface area contributed by atoms with Crippen molar-refractivity contribution in [3.05, 3.63) is 65.6 Å². The largest absolute Gasteiger partial charge is 0.496 e. The Bertz CT molecular complexity index is 1050. The van der Waals surface area contributed by atoms with E-state index in [0.717, 1.165) is 50.8 Å². The van der Waals surface area contributed by atoms with E-state index in [-0.39, 0.29) is 0 Å². The van der Waals surface area contributed by atoms with Gasteiger partial charge in [0.05, 0.1) is 35.1 Å². The van der Waals surface area contributed by atoms with Gasteiger partial charge in [-0.25, -0.2) is 4.98 Å². The van der Waals surface area contributed by atoms with Crippen LogP contribution in [0.25, 0.3) is 22.2 Å². The number of ether oxygens (including phenoxy) is 1. The van der Waals surface area contributed by atoms with Gasteiger partial charge in [-0.3, -0.25) is 9.97 Å². The summed E-state index contributed by atoms with van der Waals surface area (Å²) in [5, 5.41) is 4.04. The van der Waals surface area contributed by atoms with Gasteiger partial charge in [0.15, 0.2) is 0 Å². The highest BCUT2D eigenvalue weighted by atomic mass is 16.5. The number of nitrogens with zero attached hydrogens (tertiary/aromatic N) is 4. The minimum atomic E-state index is 0.637. The Morgan fingerprint density at radius 1 is 1.04 bits per heavy atom. The van der Waals surface area contributed by atoms with Crippen LogP contribution in [0.3, 0.4) is 0 Å². The number of pyridine rings is 1. The molecule has 6 heteroatoms. The average molecular weight is 346 g/mol. The number of fused-ring (bicyclic) bond motifs is 1. The summed E-state index contributed by atoms with van der Waals surface area (Å²) in [6, 6.07) is 9.73. The fraction of sp³-hybridized carbons (Fsp3) is 0.200. The van der Waals surface area contributed by atoms with Crippen molar-refractivity contribution in [1.82, 2.24) is 20.1 Å². The summed E-state index contributed by atoms with van der Waals surface area (Å²) in [5.41, 5.74) is 6.06. The van der Waals surface area contributed by atoms with Gasteiger partial charge in [0, 0.05) is 36.1 Å². The first-order valence-corrected chi connectivity index (χ1v) is 8.32. The van der Waals surface area contributed by atoms with Crippen molar-refractivity contribution in [3.63, 3.8) is 0 Å². The lowest BCUT2D eigenvalue weighted by Crippen LogP contribution is -1.98. The zero-order chi connectivity index (χ0) is 18.1. The molecule has 130 valence electrons. The molecule has 0 aliphatic carbocycles. The van der Waals surface area contributed by atoms with Crippen LogP contribution in [0, 0.1) is 13.8 Å². The summed E-state index contributed by atoms with van der Waals surface area (Å²) < 4.78 is 10.9. The molecular weight excluding hydrogens is 328 g/mol. The van der Waals surface area contributed by atoms with Gasteiger partial charge in [0.2, 0.25) is 0 Å². The second kappa shape index (κ2) is 6.55. The highest BCUT2D eigenvalue weighted by Crippen LogP contribution is 2.36. The minimum Gasteiger partial charge on any atom is -0.496 e. The van der Waals surface area contributed by atoms with E-state index in [2.05, 4.69) is 15.1 Å². The van der Waals surface area contributed by atoms with Gasteiger partial charge in [0.1, 0.15) is 11.5 Å². The number of aryl methyl sites for hydroxylation is 2. The maximum Gasteiger partial charge on any atom is 0.141 e. The van der Waals surface area contributed by atoms with E-state index in [1.54, 1.807) is 19.5 Å². The molecule has 6 nitrogen and oxygen atoms in total. The third kappa shape index (κ3) is 2.90. The Morgan fingerprint density at radius 3 is 2.62 bits per heavy atom. The normalized spacial score (nSPS) is 11.0. The summed E-state index contributed by atoms with van der Waals surface area (Å²) in [4.78, 5) is 13.7. The SMILES string of the molecule is COc1cc2nc(Cc3ccccn3)cnc2cc1-c1c(C)noc1C. The topological polar surface area (TPSA) is 73.9 Å². The molecule has 0 fully saturated rings. The Morgan fingerprint density at radius 2 is 1.92 bits per heavy atom. The second-order valence-corrected chi connectivity index (χ2v) is 6.10. The summed E-state index contributed by atoms with van der Waals surface area (Å²) in [6.07, 6.45) is 4.21. The molecule has 0 amide bonds. The average Bonchev–Trinajstić information content (AvgIpc) is 2.99. The number of benzene rings is 1. The molecule has 1 aromatic carbocycles. The predicted octanol–water partition coefficient (Wildman–Crippen LogP) is 3.90. The van der Waals surface area contributed by atoms with E-state index in [9.17, 15) is 0 Å². The smallest absolute Gasteiger partial charge is 0.141 e. The molecule has 4 aromatic rings.